The lowest BCUT2D eigenvalue weighted by Gasteiger charge is -2.06. The van der Waals surface area contributed by atoms with E-state index in [0.717, 1.165) is 24.9 Å². The number of hydrogen-bond acceptors (Lipinski definition) is 1. The molecule has 1 aromatic heterocycles. The molecule has 0 saturated carbocycles. The van der Waals surface area contributed by atoms with E-state index in [1.807, 2.05) is 35.0 Å². The highest BCUT2D eigenvalue weighted by Crippen LogP contribution is 2.14. The Balaban J connectivity index is 2.01. The molecule has 1 N–H and O–H groups in total. The first-order valence-electron chi connectivity index (χ1n) is 6.12. The molecule has 0 unspecified atom stereocenters. The molecule has 0 spiro atoms. The number of hydrogen-bond donors (Lipinski definition) is 1. The van der Waals surface area contributed by atoms with Crippen molar-refractivity contribution in [1.82, 2.24) is 9.88 Å². The number of rotatable bonds is 5. The van der Waals surface area contributed by atoms with Crippen molar-refractivity contribution in [3.05, 3.63) is 36.5 Å². The lowest BCUT2D eigenvalue weighted by Crippen LogP contribution is -2.28. The average Bonchev–Trinajstić information content (AvgIpc) is 2.73. The van der Waals surface area contributed by atoms with Crippen LogP contribution in [0, 0.1) is 0 Å². The maximum Gasteiger partial charge on any atom is 0.239 e. The number of unbranched alkanes of at least 4 members (excludes halogenated alkanes) is 1. The number of carbonyl (C=O) groups excluding carboxylic acids is 1. The van der Waals surface area contributed by atoms with Crippen molar-refractivity contribution in [3.63, 3.8) is 0 Å². The smallest absolute Gasteiger partial charge is 0.239 e. The maximum atomic E-state index is 11.7. The minimum Gasteiger partial charge on any atom is -0.355 e. The molecule has 0 radical (unpaired) electrons. The van der Waals surface area contributed by atoms with E-state index in [1.165, 1.54) is 5.39 Å². The van der Waals surface area contributed by atoms with Crippen molar-refractivity contribution in [3.8, 4) is 0 Å². The van der Waals surface area contributed by atoms with Crippen LogP contribution in [0.25, 0.3) is 10.9 Å². The van der Waals surface area contributed by atoms with Crippen LogP contribution in [0.1, 0.15) is 19.8 Å². The first kappa shape index (κ1) is 11.7. The van der Waals surface area contributed by atoms with Gasteiger partial charge in [0, 0.05) is 18.3 Å². The number of carbonyl (C=O) groups is 1. The molecule has 0 aliphatic rings. The first-order valence-corrected chi connectivity index (χ1v) is 6.12. The summed E-state index contributed by atoms with van der Waals surface area (Å²) < 4.78 is 1.98. The molecule has 1 amide bonds. The highest BCUT2D eigenvalue weighted by atomic mass is 16.1. The largest absolute Gasteiger partial charge is 0.355 e. The van der Waals surface area contributed by atoms with Gasteiger partial charge in [-0.25, -0.2) is 0 Å². The molecule has 2 rings (SSSR count). The Morgan fingerprint density at radius 3 is 2.94 bits per heavy atom. The SMILES string of the molecule is CCCCNC(=O)Cn1ccc2ccccc21. The molecule has 1 aromatic carbocycles. The van der Waals surface area contributed by atoms with Crippen molar-refractivity contribution in [2.45, 2.75) is 26.3 Å². The average molecular weight is 230 g/mol. The minimum atomic E-state index is 0.0832. The van der Waals surface area contributed by atoms with E-state index in [-0.39, 0.29) is 5.91 Å². The van der Waals surface area contributed by atoms with Crippen molar-refractivity contribution in [2.75, 3.05) is 6.54 Å². The van der Waals surface area contributed by atoms with Crippen LogP contribution in [0.5, 0.6) is 0 Å². The monoisotopic (exact) mass is 230 g/mol. The molecule has 2 aromatic rings. The molecule has 1 heterocycles. The van der Waals surface area contributed by atoms with E-state index in [9.17, 15) is 4.79 Å². The Labute approximate surface area is 101 Å². The van der Waals surface area contributed by atoms with E-state index >= 15 is 0 Å². The van der Waals surface area contributed by atoms with E-state index in [2.05, 4.69) is 18.3 Å². The molecule has 0 saturated heterocycles. The van der Waals surface area contributed by atoms with Crippen LogP contribution < -0.4 is 5.32 Å². The zero-order chi connectivity index (χ0) is 12.1. The summed E-state index contributed by atoms with van der Waals surface area (Å²) in [6.45, 7) is 3.29. The van der Waals surface area contributed by atoms with Crippen LogP contribution in [0.3, 0.4) is 0 Å². The Bertz CT molecular complexity index is 502. The van der Waals surface area contributed by atoms with Gasteiger partial charge in [0.1, 0.15) is 6.54 Å². The topological polar surface area (TPSA) is 34.0 Å². The third kappa shape index (κ3) is 2.87. The molecule has 17 heavy (non-hydrogen) atoms. The van der Waals surface area contributed by atoms with Crippen LogP contribution in [-0.2, 0) is 11.3 Å². The van der Waals surface area contributed by atoms with Crippen molar-refractivity contribution in [2.24, 2.45) is 0 Å². The standard InChI is InChI=1S/C14H18N2O/c1-2-3-9-15-14(17)11-16-10-8-12-6-4-5-7-13(12)16/h4-8,10H,2-3,9,11H2,1H3,(H,15,17). The fraction of sp³-hybridized carbons (Fsp3) is 0.357. The Morgan fingerprint density at radius 2 is 2.12 bits per heavy atom. The van der Waals surface area contributed by atoms with Gasteiger partial charge in [0.05, 0.1) is 0 Å². The van der Waals surface area contributed by atoms with Crippen molar-refractivity contribution < 1.29 is 4.79 Å². The first-order chi connectivity index (χ1) is 8.31. The van der Waals surface area contributed by atoms with Gasteiger partial charge in [-0.2, -0.15) is 0 Å². The summed E-state index contributed by atoms with van der Waals surface area (Å²) in [5.74, 6) is 0.0832. The van der Waals surface area contributed by atoms with Crippen molar-refractivity contribution in [1.29, 1.82) is 0 Å². The zero-order valence-corrected chi connectivity index (χ0v) is 10.1. The zero-order valence-electron chi connectivity index (χ0n) is 10.1. The molecular weight excluding hydrogens is 212 g/mol. The number of amides is 1. The normalized spacial score (nSPS) is 10.6. The Hall–Kier alpha value is -1.77. The summed E-state index contributed by atoms with van der Waals surface area (Å²) in [6.07, 6.45) is 4.11. The summed E-state index contributed by atoms with van der Waals surface area (Å²) >= 11 is 0. The van der Waals surface area contributed by atoms with Gasteiger partial charge in [0.2, 0.25) is 5.91 Å². The predicted octanol–water partition coefficient (Wildman–Crippen LogP) is 2.56. The molecule has 3 nitrogen and oxygen atoms in total. The second-order valence-corrected chi connectivity index (χ2v) is 4.21. The fourth-order valence-electron chi connectivity index (χ4n) is 1.89. The second-order valence-electron chi connectivity index (χ2n) is 4.21. The van der Waals surface area contributed by atoms with E-state index in [1.54, 1.807) is 0 Å². The van der Waals surface area contributed by atoms with Gasteiger partial charge in [-0.05, 0) is 23.9 Å². The van der Waals surface area contributed by atoms with Gasteiger partial charge in [-0.3, -0.25) is 4.79 Å². The molecule has 90 valence electrons. The van der Waals surface area contributed by atoms with E-state index in [4.69, 9.17) is 0 Å². The third-order valence-electron chi connectivity index (χ3n) is 2.85. The molecule has 0 bridgehead atoms. The number of nitrogens with zero attached hydrogens (tertiary/aromatic N) is 1. The Morgan fingerprint density at radius 1 is 1.29 bits per heavy atom. The van der Waals surface area contributed by atoms with E-state index < -0.39 is 0 Å². The van der Waals surface area contributed by atoms with Gasteiger partial charge >= 0.3 is 0 Å². The van der Waals surface area contributed by atoms with Crippen molar-refractivity contribution >= 4 is 16.8 Å². The predicted molar refractivity (Wildman–Crippen MR) is 69.9 cm³/mol. The molecule has 0 atom stereocenters. The van der Waals surface area contributed by atoms with Gasteiger partial charge in [0.25, 0.3) is 0 Å². The molecule has 3 heteroatoms. The molecule has 0 aliphatic heterocycles. The van der Waals surface area contributed by atoms with Crippen LogP contribution in [0.2, 0.25) is 0 Å². The van der Waals surface area contributed by atoms with E-state index in [0.29, 0.717) is 6.54 Å². The quantitative estimate of drug-likeness (QED) is 0.787. The Kier molecular flexibility index (Phi) is 3.81. The molecule has 0 aliphatic carbocycles. The summed E-state index contributed by atoms with van der Waals surface area (Å²) in [6, 6.07) is 10.1. The number of para-hydroxylation sites is 1. The lowest BCUT2D eigenvalue weighted by molar-refractivity contribution is -0.121. The lowest BCUT2D eigenvalue weighted by atomic mass is 10.2. The highest BCUT2D eigenvalue weighted by Gasteiger charge is 2.04. The van der Waals surface area contributed by atoms with Gasteiger partial charge in [-0.1, -0.05) is 31.5 Å². The number of aromatic nitrogens is 1. The van der Waals surface area contributed by atoms with Gasteiger partial charge in [-0.15, -0.1) is 0 Å². The van der Waals surface area contributed by atoms with Crippen LogP contribution in [0.15, 0.2) is 36.5 Å². The molecule has 0 fully saturated rings. The minimum absolute atomic E-state index is 0.0832. The summed E-state index contributed by atoms with van der Waals surface area (Å²) in [4.78, 5) is 11.7. The number of benzene rings is 1. The fourth-order valence-corrected chi connectivity index (χ4v) is 1.89. The van der Waals surface area contributed by atoms with Crippen LogP contribution >= 0.6 is 0 Å². The number of nitrogens with one attached hydrogen (secondary N) is 1. The molecular formula is C14H18N2O. The summed E-state index contributed by atoms with van der Waals surface area (Å²) in [5, 5.41) is 4.10. The summed E-state index contributed by atoms with van der Waals surface area (Å²) in [7, 11) is 0. The van der Waals surface area contributed by atoms with Crippen LogP contribution in [-0.4, -0.2) is 17.0 Å². The van der Waals surface area contributed by atoms with Crippen LogP contribution in [0.4, 0.5) is 0 Å². The number of fused-ring (bicyclic) bond motifs is 1. The summed E-state index contributed by atoms with van der Waals surface area (Å²) in [5.41, 5.74) is 1.11. The highest BCUT2D eigenvalue weighted by molar-refractivity contribution is 5.83. The second kappa shape index (κ2) is 5.53. The van der Waals surface area contributed by atoms with Gasteiger partial charge < -0.3 is 9.88 Å². The van der Waals surface area contributed by atoms with Gasteiger partial charge in [0.15, 0.2) is 0 Å². The third-order valence-corrected chi connectivity index (χ3v) is 2.85. The maximum absolute atomic E-state index is 11.7.